The number of hydrogen-bond donors (Lipinski definition) is 0. The molecule has 0 spiro atoms. The van der Waals surface area contributed by atoms with Crippen LogP contribution >= 0.6 is 11.3 Å². The van der Waals surface area contributed by atoms with Crippen molar-refractivity contribution in [1.29, 1.82) is 0 Å². The van der Waals surface area contributed by atoms with E-state index in [-0.39, 0.29) is 17.0 Å². The molecule has 1 aliphatic rings. The van der Waals surface area contributed by atoms with E-state index in [1.165, 1.54) is 28.4 Å². The van der Waals surface area contributed by atoms with E-state index in [0.717, 1.165) is 6.07 Å². The highest BCUT2D eigenvalue weighted by Gasteiger charge is 2.37. The van der Waals surface area contributed by atoms with Crippen LogP contribution < -0.4 is 0 Å². The van der Waals surface area contributed by atoms with E-state index in [1.807, 2.05) is 0 Å². The van der Waals surface area contributed by atoms with Gasteiger partial charge in [0.15, 0.2) is 17.0 Å². The van der Waals surface area contributed by atoms with Gasteiger partial charge in [0.1, 0.15) is 5.82 Å². The fourth-order valence-corrected chi connectivity index (χ4v) is 4.74. The topological polar surface area (TPSA) is 50.5 Å². The summed E-state index contributed by atoms with van der Waals surface area (Å²) < 4.78 is 56.2. The lowest BCUT2D eigenvalue weighted by Crippen LogP contribution is -2.31. The van der Waals surface area contributed by atoms with Crippen molar-refractivity contribution < 1.29 is 22.4 Å². The maximum Gasteiger partial charge on any atom is 0.433 e. The average molecular weight is 460 g/mol. The number of aromatic nitrogens is 3. The first-order valence-corrected chi connectivity index (χ1v) is 10.8. The van der Waals surface area contributed by atoms with Crippen LogP contribution in [-0.2, 0) is 6.18 Å². The molecular formula is C22H16F4N4OS. The van der Waals surface area contributed by atoms with Crippen molar-refractivity contribution in [2.24, 2.45) is 0 Å². The van der Waals surface area contributed by atoms with Crippen LogP contribution in [0.4, 0.5) is 17.6 Å². The normalized spacial score (nSPS) is 16.8. The van der Waals surface area contributed by atoms with Crippen molar-refractivity contribution in [3.05, 3.63) is 76.7 Å². The molecule has 0 bridgehead atoms. The zero-order valence-corrected chi connectivity index (χ0v) is 17.3. The van der Waals surface area contributed by atoms with Gasteiger partial charge >= 0.3 is 6.18 Å². The molecule has 0 N–H and O–H groups in total. The first kappa shape index (κ1) is 20.6. The van der Waals surface area contributed by atoms with Gasteiger partial charge in [-0.25, -0.2) is 13.9 Å². The molecule has 1 aromatic carbocycles. The minimum atomic E-state index is -4.69. The summed E-state index contributed by atoms with van der Waals surface area (Å²) in [6, 6.07) is 11.3. The van der Waals surface area contributed by atoms with Crippen LogP contribution in [-0.4, -0.2) is 31.9 Å². The molecule has 1 fully saturated rings. The SMILES string of the molecule is O=C(c1cc2nc(-c3cccs3)cc(C(F)(F)F)n2n1)N1CCC[C@H]1c1ccccc1F. The van der Waals surface area contributed by atoms with Gasteiger partial charge in [0.05, 0.1) is 16.6 Å². The molecule has 0 saturated carbocycles. The summed E-state index contributed by atoms with van der Waals surface area (Å²) in [4.78, 5) is 19.5. The molecule has 0 unspecified atom stereocenters. The predicted octanol–water partition coefficient (Wildman–Crippen LogP) is 5.59. The monoisotopic (exact) mass is 460 g/mol. The third-order valence-corrected chi connectivity index (χ3v) is 6.38. The van der Waals surface area contributed by atoms with Crippen LogP contribution in [0.5, 0.6) is 0 Å². The zero-order chi connectivity index (χ0) is 22.5. The van der Waals surface area contributed by atoms with Crippen LogP contribution in [0.1, 0.15) is 40.6 Å². The van der Waals surface area contributed by atoms with E-state index < -0.39 is 29.6 Å². The van der Waals surface area contributed by atoms with E-state index in [0.29, 0.717) is 34.3 Å². The van der Waals surface area contributed by atoms with Crippen molar-refractivity contribution in [2.45, 2.75) is 25.1 Å². The second-order valence-electron chi connectivity index (χ2n) is 7.48. The molecule has 4 aromatic rings. The number of rotatable bonds is 3. The highest BCUT2D eigenvalue weighted by molar-refractivity contribution is 7.13. The standard InChI is InChI=1S/C22H16F4N4OS/c23-14-6-2-1-5-13(14)17-7-3-9-29(17)21(31)16-12-20-27-15(18-8-4-10-32-18)11-19(22(24,25)26)30(20)28-16/h1-2,4-6,8,10-12,17H,3,7,9H2/t17-/m0/s1. The summed E-state index contributed by atoms with van der Waals surface area (Å²) in [7, 11) is 0. The second-order valence-corrected chi connectivity index (χ2v) is 8.43. The molecule has 164 valence electrons. The number of hydrogen-bond acceptors (Lipinski definition) is 4. The fraction of sp³-hybridized carbons (Fsp3) is 0.227. The minimum absolute atomic E-state index is 0.0757. The molecule has 1 amide bonds. The Morgan fingerprint density at radius 3 is 2.66 bits per heavy atom. The van der Waals surface area contributed by atoms with Crippen LogP contribution in [0, 0.1) is 5.82 Å². The Balaban J connectivity index is 1.57. The number of amides is 1. The molecule has 32 heavy (non-hydrogen) atoms. The lowest BCUT2D eigenvalue weighted by Gasteiger charge is -2.24. The molecular weight excluding hydrogens is 444 g/mol. The van der Waals surface area contributed by atoms with Gasteiger partial charge < -0.3 is 4.90 Å². The fourth-order valence-electron chi connectivity index (χ4n) is 4.06. The van der Waals surface area contributed by atoms with Gasteiger partial charge in [-0.05, 0) is 36.4 Å². The Morgan fingerprint density at radius 2 is 1.94 bits per heavy atom. The maximum absolute atomic E-state index is 14.3. The van der Waals surface area contributed by atoms with Crippen LogP contribution in [0.15, 0.2) is 53.9 Å². The zero-order valence-electron chi connectivity index (χ0n) is 16.5. The molecule has 10 heteroatoms. The summed E-state index contributed by atoms with van der Waals surface area (Å²) >= 11 is 1.27. The number of carbonyl (C=O) groups excluding carboxylic acids is 1. The van der Waals surface area contributed by atoms with Gasteiger partial charge in [-0.1, -0.05) is 24.3 Å². The summed E-state index contributed by atoms with van der Waals surface area (Å²) in [5.74, 6) is -0.971. The maximum atomic E-state index is 14.3. The molecule has 4 heterocycles. The van der Waals surface area contributed by atoms with Gasteiger partial charge in [0.2, 0.25) is 0 Å². The Kier molecular flexibility index (Phi) is 4.96. The molecule has 0 radical (unpaired) electrons. The van der Waals surface area contributed by atoms with Gasteiger partial charge in [-0.15, -0.1) is 11.3 Å². The summed E-state index contributed by atoms with van der Waals surface area (Å²) in [5, 5.41) is 5.70. The van der Waals surface area contributed by atoms with E-state index in [9.17, 15) is 22.4 Å². The lowest BCUT2D eigenvalue weighted by atomic mass is 10.0. The van der Waals surface area contributed by atoms with E-state index in [4.69, 9.17) is 0 Å². The average Bonchev–Trinajstić information content (AvgIpc) is 3.52. The molecule has 3 aromatic heterocycles. The van der Waals surface area contributed by atoms with Crippen LogP contribution in [0.25, 0.3) is 16.2 Å². The van der Waals surface area contributed by atoms with Crippen LogP contribution in [0.3, 0.4) is 0 Å². The van der Waals surface area contributed by atoms with Crippen LogP contribution in [0.2, 0.25) is 0 Å². The number of halogens is 4. The number of carbonyl (C=O) groups is 1. The minimum Gasteiger partial charge on any atom is -0.330 e. The van der Waals surface area contributed by atoms with Gasteiger partial charge in [-0.3, -0.25) is 4.79 Å². The summed E-state index contributed by atoms with van der Waals surface area (Å²) in [6.45, 7) is 0.367. The van der Waals surface area contributed by atoms with E-state index in [2.05, 4.69) is 10.1 Å². The van der Waals surface area contributed by atoms with Gasteiger partial charge in [0, 0.05) is 18.2 Å². The quantitative estimate of drug-likeness (QED) is 0.375. The van der Waals surface area contributed by atoms with Crippen molar-refractivity contribution in [3.63, 3.8) is 0 Å². The third kappa shape index (κ3) is 3.54. The molecule has 0 aliphatic carbocycles. The Labute approximate surface area is 183 Å². The van der Waals surface area contributed by atoms with Crippen molar-refractivity contribution in [3.8, 4) is 10.6 Å². The number of fused-ring (bicyclic) bond motifs is 1. The van der Waals surface area contributed by atoms with Crippen molar-refractivity contribution in [2.75, 3.05) is 6.54 Å². The second kappa shape index (κ2) is 7.70. The number of thiophene rings is 1. The molecule has 5 nitrogen and oxygen atoms in total. The highest BCUT2D eigenvalue weighted by atomic mass is 32.1. The highest BCUT2D eigenvalue weighted by Crippen LogP contribution is 2.36. The molecule has 5 rings (SSSR count). The van der Waals surface area contributed by atoms with Crippen molar-refractivity contribution >= 4 is 22.9 Å². The third-order valence-electron chi connectivity index (χ3n) is 5.49. The van der Waals surface area contributed by atoms with Gasteiger partial charge in [0.25, 0.3) is 5.91 Å². The Bertz CT molecular complexity index is 1300. The van der Waals surface area contributed by atoms with E-state index in [1.54, 1.807) is 35.7 Å². The first-order valence-electron chi connectivity index (χ1n) is 9.90. The smallest absolute Gasteiger partial charge is 0.330 e. The number of likely N-dealkylation sites (tertiary alicyclic amines) is 1. The van der Waals surface area contributed by atoms with Gasteiger partial charge in [-0.2, -0.15) is 18.3 Å². The predicted molar refractivity (Wildman–Crippen MR) is 111 cm³/mol. The molecule has 1 atom stereocenters. The Morgan fingerprint density at radius 1 is 1.12 bits per heavy atom. The number of benzene rings is 1. The van der Waals surface area contributed by atoms with E-state index >= 15 is 0 Å². The van der Waals surface area contributed by atoms with Crippen molar-refractivity contribution in [1.82, 2.24) is 19.5 Å². The number of nitrogens with zero attached hydrogens (tertiary/aromatic N) is 4. The molecule has 1 aliphatic heterocycles. The summed E-state index contributed by atoms with van der Waals surface area (Å²) in [6.07, 6.45) is -3.47. The number of alkyl halides is 3. The molecule has 1 saturated heterocycles. The largest absolute Gasteiger partial charge is 0.433 e. The summed E-state index contributed by atoms with van der Waals surface area (Å²) in [5.41, 5.74) is -0.708. The Hall–Kier alpha value is -3.27. The first-order chi connectivity index (χ1) is 15.3. The lowest BCUT2D eigenvalue weighted by molar-refractivity contribution is -0.142.